The van der Waals surface area contributed by atoms with Crippen LogP contribution in [0.4, 0.5) is 0 Å². The summed E-state index contributed by atoms with van der Waals surface area (Å²) in [6.45, 7) is 2.34. The number of furan rings is 1. The van der Waals surface area contributed by atoms with Gasteiger partial charge in [-0.2, -0.15) is 16.1 Å². The van der Waals surface area contributed by atoms with Gasteiger partial charge in [-0.25, -0.2) is 8.42 Å². The molecule has 2 aromatic rings. The van der Waals surface area contributed by atoms with Crippen molar-refractivity contribution in [3.63, 3.8) is 0 Å². The first-order valence-corrected chi connectivity index (χ1v) is 9.24. The molecule has 0 N–H and O–H groups in total. The van der Waals surface area contributed by atoms with Gasteiger partial charge in [0.15, 0.2) is 0 Å². The Hall–Kier alpha value is -1.31. The van der Waals surface area contributed by atoms with E-state index in [9.17, 15) is 8.42 Å². The molecule has 21 heavy (non-hydrogen) atoms. The number of hydrogen-bond acceptors (Lipinski definition) is 5. The highest BCUT2D eigenvalue weighted by atomic mass is 32.2. The minimum Gasteiger partial charge on any atom is -0.465 e. The monoisotopic (exact) mass is 324 g/mol. The van der Waals surface area contributed by atoms with E-state index in [1.165, 1.54) is 10.5 Å². The zero-order valence-electron chi connectivity index (χ0n) is 11.6. The molecule has 0 unspecified atom stereocenters. The molecule has 112 valence electrons. The SMILES string of the molecule is Cc1ccc([C@@H]2CSCCN2S(=O)(=O)c2cccnc2)o1. The average Bonchev–Trinajstić information content (AvgIpc) is 2.95. The van der Waals surface area contributed by atoms with Gasteiger partial charge in [-0.05, 0) is 31.2 Å². The van der Waals surface area contributed by atoms with E-state index in [0.29, 0.717) is 18.1 Å². The van der Waals surface area contributed by atoms with E-state index >= 15 is 0 Å². The fraction of sp³-hybridized carbons (Fsp3) is 0.357. The average molecular weight is 324 g/mol. The standard InChI is InChI=1S/C14H16N2O3S2/c1-11-4-5-14(19-11)13-10-20-8-7-16(13)21(17,18)12-3-2-6-15-9-12/h2-6,9,13H,7-8,10H2,1H3/t13-/m0/s1. The second-order valence-electron chi connectivity index (χ2n) is 4.84. The van der Waals surface area contributed by atoms with E-state index in [1.54, 1.807) is 30.1 Å². The Morgan fingerprint density at radius 2 is 2.24 bits per heavy atom. The summed E-state index contributed by atoms with van der Waals surface area (Å²) in [5.74, 6) is 2.98. The fourth-order valence-electron chi connectivity index (χ4n) is 2.37. The van der Waals surface area contributed by atoms with Gasteiger partial charge < -0.3 is 4.42 Å². The van der Waals surface area contributed by atoms with E-state index in [0.717, 1.165) is 11.5 Å². The number of hydrogen-bond donors (Lipinski definition) is 0. The Morgan fingerprint density at radius 1 is 1.38 bits per heavy atom. The van der Waals surface area contributed by atoms with Crippen molar-refractivity contribution < 1.29 is 12.8 Å². The molecule has 3 heterocycles. The Labute approximate surface area is 128 Å². The summed E-state index contributed by atoms with van der Waals surface area (Å²) in [6, 6.07) is 6.68. The van der Waals surface area contributed by atoms with Crippen molar-refractivity contribution >= 4 is 21.8 Å². The molecule has 1 saturated heterocycles. The molecule has 7 heteroatoms. The lowest BCUT2D eigenvalue weighted by Gasteiger charge is -2.33. The molecule has 0 aliphatic carbocycles. The third-order valence-corrected chi connectivity index (χ3v) is 6.32. The molecule has 0 radical (unpaired) electrons. The first-order chi connectivity index (χ1) is 10.1. The van der Waals surface area contributed by atoms with Crippen LogP contribution in [-0.4, -0.2) is 35.8 Å². The minimum atomic E-state index is -3.55. The van der Waals surface area contributed by atoms with Crippen LogP contribution >= 0.6 is 11.8 Å². The lowest BCUT2D eigenvalue weighted by molar-refractivity contribution is 0.305. The van der Waals surface area contributed by atoms with Gasteiger partial charge in [-0.1, -0.05) is 0 Å². The van der Waals surface area contributed by atoms with Crippen LogP contribution in [0, 0.1) is 6.92 Å². The number of nitrogens with zero attached hydrogens (tertiary/aromatic N) is 2. The van der Waals surface area contributed by atoms with Crippen LogP contribution in [0.2, 0.25) is 0 Å². The maximum absolute atomic E-state index is 12.8. The minimum absolute atomic E-state index is 0.227. The fourth-order valence-corrected chi connectivity index (χ4v) is 5.20. The second-order valence-corrected chi connectivity index (χ2v) is 7.88. The Kier molecular flexibility index (Phi) is 4.05. The summed E-state index contributed by atoms with van der Waals surface area (Å²) in [4.78, 5) is 4.14. The normalized spacial score (nSPS) is 20.5. The van der Waals surface area contributed by atoms with Gasteiger partial charge in [0.1, 0.15) is 16.4 Å². The summed E-state index contributed by atoms with van der Waals surface area (Å²) >= 11 is 1.74. The molecule has 5 nitrogen and oxygen atoms in total. The quantitative estimate of drug-likeness (QED) is 0.868. The molecule has 1 fully saturated rings. The molecular weight excluding hydrogens is 308 g/mol. The van der Waals surface area contributed by atoms with Crippen molar-refractivity contribution in [2.75, 3.05) is 18.1 Å². The van der Waals surface area contributed by atoms with Crippen LogP contribution in [0.3, 0.4) is 0 Å². The van der Waals surface area contributed by atoms with Gasteiger partial charge in [-0.3, -0.25) is 4.98 Å². The molecule has 1 atom stereocenters. The highest BCUT2D eigenvalue weighted by Gasteiger charge is 2.36. The van der Waals surface area contributed by atoms with Gasteiger partial charge in [-0.15, -0.1) is 0 Å². The third kappa shape index (κ3) is 2.86. The van der Waals surface area contributed by atoms with Gasteiger partial charge in [0, 0.05) is 30.4 Å². The number of pyridine rings is 1. The predicted molar refractivity (Wildman–Crippen MR) is 81.6 cm³/mol. The van der Waals surface area contributed by atoms with Gasteiger partial charge in [0.25, 0.3) is 0 Å². The summed E-state index contributed by atoms with van der Waals surface area (Å²) in [5, 5.41) is 0. The Morgan fingerprint density at radius 3 is 2.90 bits per heavy atom. The van der Waals surface area contributed by atoms with Gasteiger partial charge >= 0.3 is 0 Å². The van der Waals surface area contributed by atoms with Crippen LogP contribution < -0.4 is 0 Å². The van der Waals surface area contributed by atoms with Crippen molar-refractivity contribution in [2.45, 2.75) is 17.9 Å². The number of sulfonamides is 1. The van der Waals surface area contributed by atoms with E-state index in [2.05, 4.69) is 4.98 Å². The Balaban J connectivity index is 1.98. The van der Waals surface area contributed by atoms with E-state index in [-0.39, 0.29) is 10.9 Å². The third-order valence-electron chi connectivity index (χ3n) is 3.41. The summed E-state index contributed by atoms with van der Waals surface area (Å²) in [6.07, 6.45) is 2.96. The van der Waals surface area contributed by atoms with Crippen molar-refractivity contribution in [3.05, 3.63) is 48.2 Å². The molecule has 0 saturated carbocycles. The zero-order valence-corrected chi connectivity index (χ0v) is 13.2. The van der Waals surface area contributed by atoms with Crippen LogP contribution in [-0.2, 0) is 10.0 Å². The number of rotatable bonds is 3. The highest BCUT2D eigenvalue weighted by molar-refractivity contribution is 7.99. The molecule has 1 aliphatic heterocycles. The maximum atomic E-state index is 12.8. The molecular formula is C14H16N2O3S2. The zero-order chi connectivity index (χ0) is 14.9. The largest absolute Gasteiger partial charge is 0.465 e. The highest BCUT2D eigenvalue weighted by Crippen LogP contribution is 2.34. The van der Waals surface area contributed by atoms with Crippen LogP contribution in [0.25, 0.3) is 0 Å². The molecule has 3 rings (SSSR count). The van der Waals surface area contributed by atoms with Gasteiger partial charge in [0.05, 0.1) is 6.04 Å². The Bertz CT molecular complexity index is 713. The summed E-state index contributed by atoms with van der Waals surface area (Å²) in [5.41, 5.74) is 0. The number of thioether (sulfide) groups is 1. The first kappa shape index (κ1) is 14.6. The summed E-state index contributed by atoms with van der Waals surface area (Å²) in [7, 11) is -3.55. The molecule has 0 spiro atoms. The lowest BCUT2D eigenvalue weighted by atomic mass is 10.2. The van der Waals surface area contributed by atoms with Crippen molar-refractivity contribution in [1.82, 2.24) is 9.29 Å². The molecule has 1 aliphatic rings. The number of aromatic nitrogens is 1. The van der Waals surface area contributed by atoms with Crippen molar-refractivity contribution in [1.29, 1.82) is 0 Å². The van der Waals surface area contributed by atoms with Crippen LogP contribution in [0.1, 0.15) is 17.6 Å². The van der Waals surface area contributed by atoms with E-state index < -0.39 is 10.0 Å². The van der Waals surface area contributed by atoms with Crippen LogP contribution in [0.15, 0.2) is 46.0 Å². The van der Waals surface area contributed by atoms with Crippen LogP contribution in [0.5, 0.6) is 0 Å². The maximum Gasteiger partial charge on any atom is 0.245 e. The van der Waals surface area contributed by atoms with Crippen molar-refractivity contribution in [2.24, 2.45) is 0 Å². The molecule has 0 aromatic carbocycles. The molecule has 0 amide bonds. The predicted octanol–water partition coefficient (Wildman–Crippen LogP) is 2.46. The first-order valence-electron chi connectivity index (χ1n) is 6.65. The van der Waals surface area contributed by atoms with E-state index in [4.69, 9.17) is 4.42 Å². The lowest BCUT2D eigenvalue weighted by Crippen LogP contribution is -2.40. The van der Waals surface area contributed by atoms with E-state index in [1.807, 2.05) is 19.1 Å². The smallest absolute Gasteiger partial charge is 0.245 e. The van der Waals surface area contributed by atoms with Gasteiger partial charge in [0.2, 0.25) is 10.0 Å². The molecule has 2 aromatic heterocycles. The second kappa shape index (κ2) is 5.82. The number of aryl methyl sites for hydroxylation is 1. The molecule has 0 bridgehead atoms. The topological polar surface area (TPSA) is 63.4 Å². The van der Waals surface area contributed by atoms with Crippen molar-refractivity contribution in [3.8, 4) is 0 Å². The summed E-state index contributed by atoms with van der Waals surface area (Å²) < 4.78 is 32.8.